The average molecular weight is 842 g/mol. The van der Waals surface area contributed by atoms with Gasteiger partial charge in [-0.1, -0.05) is 194 Å². The quantitative estimate of drug-likeness (QED) is 0.167. The molecule has 0 N–H and O–H groups in total. The molecule has 0 aliphatic heterocycles. The first-order valence-electron chi connectivity index (χ1n) is 22.7. The van der Waals surface area contributed by atoms with Gasteiger partial charge >= 0.3 is 0 Å². The lowest BCUT2D eigenvalue weighted by molar-refractivity contribution is 0.672. The van der Waals surface area contributed by atoms with Gasteiger partial charge in [0.1, 0.15) is 16.7 Å². The van der Waals surface area contributed by atoms with Crippen LogP contribution in [0.5, 0.6) is 0 Å². The summed E-state index contributed by atoms with van der Waals surface area (Å²) in [5.41, 5.74) is 15.7. The molecule has 0 saturated carbocycles. The van der Waals surface area contributed by atoms with Gasteiger partial charge in [-0.25, -0.2) is 0 Å². The molecule has 66 heavy (non-hydrogen) atoms. The minimum atomic E-state index is -0.497. The molecular formula is C63H39NO2. The Morgan fingerprint density at radius 3 is 1.48 bits per heavy atom. The fourth-order valence-electron chi connectivity index (χ4n) is 11.2. The van der Waals surface area contributed by atoms with E-state index in [4.69, 9.17) is 8.83 Å². The maximum atomic E-state index is 7.06. The van der Waals surface area contributed by atoms with Gasteiger partial charge in [0, 0.05) is 49.3 Å². The van der Waals surface area contributed by atoms with Crippen molar-refractivity contribution < 1.29 is 8.83 Å². The Bertz CT molecular complexity index is 4010. The van der Waals surface area contributed by atoms with Crippen LogP contribution >= 0.6 is 0 Å². The monoisotopic (exact) mass is 841 g/mol. The number of benzene rings is 11. The van der Waals surface area contributed by atoms with Crippen molar-refractivity contribution in [1.82, 2.24) is 0 Å². The summed E-state index contributed by atoms with van der Waals surface area (Å²) in [6.07, 6.45) is 0. The fourth-order valence-corrected chi connectivity index (χ4v) is 11.2. The van der Waals surface area contributed by atoms with Crippen molar-refractivity contribution in [2.75, 3.05) is 4.90 Å². The van der Waals surface area contributed by atoms with Gasteiger partial charge in [-0.2, -0.15) is 0 Å². The summed E-state index contributed by atoms with van der Waals surface area (Å²) in [5.74, 6) is 0. The van der Waals surface area contributed by atoms with Gasteiger partial charge in [0.05, 0.1) is 11.1 Å². The van der Waals surface area contributed by atoms with Crippen molar-refractivity contribution in [3.63, 3.8) is 0 Å². The number of hydrogen-bond acceptors (Lipinski definition) is 3. The molecule has 308 valence electrons. The standard InChI is InChI=1S/C63H39NO2/c1-3-17-43(18-4-1)63(44-19-5-2-6-20-44)56-27-12-11-23-50(56)55-39-46(35-38-57(55)63)64(58-28-14-26-52-54-37-32-41-16-8-10-22-48(41)61(54)66-62(52)58)45-33-29-42(30-34-45)49-24-13-25-51-53-36-31-40-15-7-9-21-47(40)60(53)65-59(49)51/h1-39H. The van der Waals surface area contributed by atoms with Gasteiger partial charge in [-0.15, -0.1) is 0 Å². The van der Waals surface area contributed by atoms with Crippen LogP contribution in [0.4, 0.5) is 17.1 Å². The first-order chi connectivity index (χ1) is 32.7. The maximum absolute atomic E-state index is 7.06. The highest BCUT2D eigenvalue weighted by Crippen LogP contribution is 2.57. The topological polar surface area (TPSA) is 29.5 Å². The molecule has 3 nitrogen and oxygen atoms in total. The molecule has 0 radical (unpaired) electrons. The molecule has 11 aromatic carbocycles. The summed E-state index contributed by atoms with van der Waals surface area (Å²) in [5, 5.41) is 8.98. The number of rotatable bonds is 6. The third-order valence-electron chi connectivity index (χ3n) is 14.1. The van der Waals surface area contributed by atoms with Crippen molar-refractivity contribution in [1.29, 1.82) is 0 Å². The second-order valence-corrected chi connectivity index (χ2v) is 17.5. The summed E-state index contributed by atoms with van der Waals surface area (Å²) in [7, 11) is 0. The van der Waals surface area contributed by atoms with E-state index in [1.54, 1.807) is 0 Å². The zero-order valence-electron chi connectivity index (χ0n) is 35.8. The van der Waals surface area contributed by atoms with Gasteiger partial charge < -0.3 is 13.7 Å². The Hall–Kier alpha value is -8.66. The highest BCUT2D eigenvalue weighted by molar-refractivity contribution is 6.19. The largest absolute Gasteiger partial charge is 0.455 e. The first kappa shape index (κ1) is 36.8. The molecule has 1 aliphatic carbocycles. The molecular weight excluding hydrogens is 803 g/mol. The molecule has 0 atom stereocenters. The second kappa shape index (κ2) is 14.2. The van der Waals surface area contributed by atoms with Crippen molar-refractivity contribution in [3.05, 3.63) is 259 Å². The van der Waals surface area contributed by atoms with Crippen LogP contribution in [0, 0.1) is 0 Å². The summed E-state index contributed by atoms with van der Waals surface area (Å²) >= 11 is 0. The Balaban J connectivity index is 0.990. The number of anilines is 3. The van der Waals surface area contributed by atoms with Crippen LogP contribution in [0.1, 0.15) is 22.3 Å². The zero-order valence-corrected chi connectivity index (χ0v) is 35.8. The van der Waals surface area contributed by atoms with Crippen LogP contribution in [0.25, 0.3) is 87.7 Å². The Labute approximate surface area is 381 Å². The number of furan rings is 2. The van der Waals surface area contributed by atoms with E-state index in [0.717, 1.165) is 88.2 Å². The number of hydrogen-bond donors (Lipinski definition) is 0. The van der Waals surface area contributed by atoms with Crippen LogP contribution in [0.2, 0.25) is 0 Å². The molecule has 2 aromatic heterocycles. The maximum Gasteiger partial charge on any atom is 0.159 e. The predicted octanol–water partition coefficient (Wildman–Crippen LogP) is 17.3. The lowest BCUT2D eigenvalue weighted by atomic mass is 9.68. The molecule has 2 heterocycles. The van der Waals surface area contributed by atoms with Crippen molar-refractivity contribution in [2.45, 2.75) is 5.41 Å². The van der Waals surface area contributed by atoms with Gasteiger partial charge in [0.25, 0.3) is 0 Å². The lowest BCUT2D eigenvalue weighted by Crippen LogP contribution is -2.28. The van der Waals surface area contributed by atoms with Crippen LogP contribution < -0.4 is 4.90 Å². The summed E-state index contributed by atoms with van der Waals surface area (Å²) < 4.78 is 13.9. The number of fused-ring (bicyclic) bond motifs is 13. The van der Waals surface area contributed by atoms with Crippen molar-refractivity contribution >= 4 is 82.5 Å². The summed E-state index contributed by atoms with van der Waals surface area (Å²) in [6, 6.07) is 85.7. The molecule has 0 spiro atoms. The Morgan fingerprint density at radius 2 is 0.803 bits per heavy atom. The van der Waals surface area contributed by atoms with Gasteiger partial charge in [0.15, 0.2) is 5.58 Å². The third-order valence-corrected chi connectivity index (χ3v) is 14.1. The molecule has 0 bridgehead atoms. The third kappa shape index (κ3) is 5.20. The highest BCUT2D eigenvalue weighted by atomic mass is 16.3. The Kier molecular flexibility index (Phi) is 7.90. The van der Waals surface area contributed by atoms with E-state index in [1.165, 1.54) is 38.8 Å². The van der Waals surface area contributed by atoms with E-state index in [1.807, 2.05) is 0 Å². The smallest absolute Gasteiger partial charge is 0.159 e. The van der Waals surface area contributed by atoms with Crippen molar-refractivity contribution in [3.8, 4) is 22.3 Å². The van der Waals surface area contributed by atoms with Crippen molar-refractivity contribution in [2.24, 2.45) is 0 Å². The SMILES string of the molecule is c1ccc(C2(c3ccccc3)c3ccccc3-c3cc(N(c4ccc(-c5cccc6c5oc5c7ccccc7ccc65)cc4)c4cccc5c4oc4c6ccccc6ccc54)ccc32)cc1. The van der Waals surface area contributed by atoms with E-state index < -0.39 is 5.41 Å². The minimum Gasteiger partial charge on any atom is -0.455 e. The normalized spacial score (nSPS) is 13.0. The first-order valence-corrected chi connectivity index (χ1v) is 22.7. The van der Waals surface area contributed by atoms with E-state index in [0.29, 0.717) is 0 Å². The van der Waals surface area contributed by atoms with E-state index >= 15 is 0 Å². The zero-order chi connectivity index (χ0) is 43.3. The van der Waals surface area contributed by atoms with Crippen LogP contribution in [-0.2, 0) is 5.41 Å². The minimum absolute atomic E-state index is 0.497. The van der Waals surface area contributed by atoms with E-state index in [9.17, 15) is 0 Å². The van der Waals surface area contributed by atoms with E-state index in [-0.39, 0.29) is 0 Å². The molecule has 1 aliphatic rings. The van der Waals surface area contributed by atoms with Gasteiger partial charge in [-0.3, -0.25) is 0 Å². The number of nitrogens with zero attached hydrogens (tertiary/aromatic N) is 1. The second-order valence-electron chi connectivity index (χ2n) is 17.5. The van der Waals surface area contributed by atoms with Crippen LogP contribution in [0.3, 0.4) is 0 Å². The molecule has 0 unspecified atom stereocenters. The number of para-hydroxylation sites is 2. The summed E-state index contributed by atoms with van der Waals surface area (Å²) in [4.78, 5) is 2.37. The van der Waals surface area contributed by atoms with Gasteiger partial charge in [-0.05, 0) is 92.2 Å². The summed E-state index contributed by atoms with van der Waals surface area (Å²) in [6.45, 7) is 0. The predicted molar refractivity (Wildman–Crippen MR) is 273 cm³/mol. The van der Waals surface area contributed by atoms with Gasteiger partial charge in [0.2, 0.25) is 0 Å². The fraction of sp³-hybridized carbons (Fsp3) is 0.0159. The Morgan fingerprint density at radius 1 is 0.303 bits per heavy atom. The molecule has 13 aromatic rings. The molecule has 14 rings (SSSR count). The lowest BCUT2D eigenvalue weighted by Gasteiger charge is -2.34. The van der Waals surface area contributed by atoms with Crippen LogP contribution in [0.15, 0.2) is 245 Å². The molecule has 0 fully saturated rings. The molecule has 0 amide bonds. The highest BCUT2D eigenvalue weighted by Gasteiger charge is 2.46. The van der Waals surface area contributed by atoms with Crippen LogP contribution in [-0.4, -0.2) is 0 Å². The molecule has 3 heteroatoms. The van der Waals surface area contributed by atoms with E-state index in [2.05, 4.69) is 241 Å². The average Bonchev–Trinajstić information content (AvgIpc) is 4.07. The molecule has 0 saturated heterocycles.